The van der Waals surface area contributed by atoms with Crippen molar-refractivity contribution in [1.82, 2.24) is 15.1 Å². The quantitative estimate of drug-likeness (QED) is 0.491. The summed E-state index contributed by atoms with van der Waals surface area (Å²) in [5.41, 5.74) is 0. The predicted octanol–water partition coefficient (Wildman–Crippen LogP) is -1.27. The fourth-order valence-electron chi connectivity index (χ4n) is 2.00. The number of piperazine rings is 2. The summed E-state index contributed by atoms with van der Waals surface area (Å²) < 4.78 is 0. The van der Waals surface area contributed by atoms with E-state index in [0.29, 0.717) is 12.6 Å². The number of nitrogens with zero attached hydrogens (tertiary/aromatic N) is 2. The van der Waals surface area contributed by atoms with Gasteiger partial charge in [-0.05, 0) is 7.05 Å². The van der Waals surface area contributed by atoms with Gasteiger partial charge < -0.3 is 10.2 Å². The van der Waals surface area contributed by atoms with E-state index in [4.69, 9.17) is 0 Å². The monoisotopic (exact) mass is 169 g/mol. The first-order valence-corrected chi connectivity index (χ1v) is 4.46. The number of likely N-dealkylation sites (N-methyl/N-ethyl adjacent to an activating group) is 1. The lowest BCUT2D eigenvalue weighted by molar-refractivity contribution is -0.140. The molecule has 0 bridgehead atoms. The number of amides is 1. The number of carbonyl (C=O) groups is 1. The van der Waals surface area contributed by atoms with Crippen molar-refractivity contribution < 1.29 is 4.79 Å². The molecule has 68 valence electrons. The van der Waals surface area contributed by atoms with Gasteiger partial charge in [0.1, 0.15) is 0 Å². The second kappa shape index (κ2) is 3.03. The first-order valence-electron chi connectivity index (χ1n) is 4.46. The predicted molar refractivity (Wildman–Crippen MR) is 45.9 cm³/mol. The van der Waals surface area contributed by atoms with Gasteiger partial charge in [-0.25, -0.2) is 0 Å². The standard InChI is InChI=1S/C8H15N3O/c1-10-5-7-4-9-2-3-11(7)8(12)6-10/h7,9H,2-6H2,1H3. The third-order valence-electron chi connectivity index (χ3n) is 2.60. The van der Waals surface area contributed by atoms with Crippen molar-refractivity contribution in [2.75, 3.05) is 39.8 Å². The fourth-order valence-corrected chi connectivity index (χ4v) is 2.00. The van der Waals surface area contributed by atoms with Gasteiger partial charge in [-0.15, -0.1) is 0 Å². The largest absolute Gasteiger partial charge is 0.335 e. The minimum absolute atomic E-state index is 0.287. The van der Waals surface area contributed by atoms with Gasteiger partial charge in [0.25, 0.3) is 0 Å². The Bertz CT molecular complexity index is 195. The molecule has 2 heterocycles. The number of hydrogen-bond acceptors (Lipinski definition) is 3. The Labute approximate surface area is 72.5 Å². The lowest BCUT2D eigenvalue weighted by atomic mass is 10.1. The zero-order valence-corrected chi connectivity index (χ0v) is 7.42. The van der Waals surface area contributed by atoms with E-state index in [1.807, 2.05) is 11.9 Å². The molecular formula is C8H15N3O. The van der Waals surface area contributed by atoms with E-state index in [1.165, 1.54) is 0 Å². The summed E-state index contributed by atoms with van der Waals surface area (Å²) in [6.45, 7) is 4.40. The highest BCUT2D eigenvalue weighted by Gasteiger charge is 2.31. The van der Waals surface area contributed by atoms with Gasteiger partial charge in [0, 0.05) is 26.2 Å². The van der Waals surface area contributed by atoms with Crippen molar-refractivity contribution in [1.29, 1.82) is 0 Å². The fraction of sp³-hybridized carbons (Fsp3) is 0.875. The Balaban J connectivity index is 2.06. The Kier molecular flexibility index (Phi) is 2.02. The van der Waals surface area contributed by atoms with E-state index in [-0.39, 0.29) is 5.91 Å². The lowest BCUT2D eigenvalue weighted by Crippen LogP contribution is -2.62. The molecule has 1 atom stereocenters. The van der Waals surface area contributed by atoms with Crippen LogP contribution < -0.4 is 5.32 Å². The molecule has 2 aliphatic heterocycles. The summed E-state index contributed by atoms with van der Waals surface area (Å²) in [6, 6.07) is 0.407. The average molecular weight is 169 g/mol. The molecule has 0 aromatic carbocycles. The highest BCUT2D eigenvalue weighted by Crippen LogP contribution is 2.10. The summed E-state index contributed by atoms with van der Waals surface area (Å²) in [4.78, 5) is 15.6. The molecule has 0 radical (unpaired) electrons. The van der Waals surface area contributed by atoms with Gasteiger partial charge in [0.05, 0.1) is 12.6 Å². The zero-order valence-electron chi connectivity index (χ0n) is 7.42. The molecule has 1 N–H and O–H groups in total. The van der Waals surface area contributed by atoms with Gasteiger partial charge >= 0.3 is 0 Å². The highest BCUT2D eigenvalue weighted by molar-refractivity contribution is 5.79. The number of hydrogen-bond donors (Lipinski definition) is 1. The topological polar surface area (TPSA) is 35.6 Å². The molecule has 2 rings (SSSR count). The van der Waals surface area contributed by atoms with Gasteiger partial charge in [-0.2, -0.15) is 0 Å². The molecule has 2 aliphatic rings. The summed E-state index contributed by atoms with van der Waals surface area (Å²) >= 11 is 0. The van der Waals surface area contributed by atoms with Crippen LogP contribution in [0.15, 0.2) is 0 Å². The lowest BCUT2D eigenvalue weighted by Gasteiger charge is -2.42. The van der Waals surface area contributed by atoms with E-state index < -0.39 is 0 Å². The minimum atomic E-state index is 0.287. The van der Waals surface area contributed by atoms with Crippen molar-refractivity contribution in [3.8, 4) is 0 Å². The molecule has 1 amide bonds. The molecule has 4 nitrogen and oxygen atoms in total. The summed E-state index contributed by atoms with van der Waals surface area (Å²) in [5, 5.41) is 3.30. The molecule has 0 aromatic heterocycles. The van der Waals surface area contributed by atoms with Crippen LogP contribution in [0.2, 0.25) is 0 Å². The van der Waals surface area contributed by atoms with Gasteiger partial charge in [0.15, 0.2) is 0 Å². The van der Waals surface area contributed by atoms with Crippen molar-refractivity contribution in [3.05, 3.63) is 0 Å². The van der Waals surface area contributed by atoms with Crippen LogP contribution in [-0.4, -0.2) is 61.5 Å². The van der Waals surface area contributed by atoms with Crippen LogP contribution in [0.5, 0.6) is 0 Å². The van der Waals surface area contributed by atoms with E-state index in [2.05, 4.69) is 10.2 Å². The molecule has 0 aromatic rings. The van der Waals surface area contributed by atoms with Crippen LogP contribution >= 0.6 is 0 Å². The zero-order chi connectivity index (χ0) is 8.55. The summed E-state index contributed by atoms with van der Waals surface area (Å²) in [5.74, 6) is 0.287. The molecule has 0 spiro atoms. The number of fused-ring (bicyclic) bond motifs is 1. The molecular weight excluding hydrogens is 154 g/mol. The molecule has 12 heavy (non-hydrogen) atoms. The van der Waals surface area contributed by atoms with Crippen LogP contribution in [-0.2, 0) is 4.79 Å². The van der Waals surface area contributed by atoms with Crippen molar-refractivity contribution in [2.24, 2.45) is 0 Å². The van der Waals surface area contributed by atoms with E-state index in [1.54, 1.807) is 0 Å². The van der Waals surface area contributed by atoms with Crippen molar-refractivity contribution >= 4 is 5.91 Å². The minimum Gasteiger partial charge on any atom is -0.335 e. The number of nitrogens with one attached hydrogen (secondary N) is 1. The third-order valence-corrected chi connectivity index (χ3v) is 2.60. The van der Waals surface area contributed by atoms with Crippen LogP contribution in [0.25, 0.3) is 0 Å². The maximum Gasteiger partial charge on any atom is 0.237 e. The molecule has 2 fully saturated rings. The summed E-state index contributed by atoms with van der Waals surface area (Å²) in [7, 11) is 2.00. The van der Waals surface area contributed by atoms with E-state index in [0.717, 1.165) is 26.2 Å². The van der Waals surface area contributed by atoms with Crippen molar-refractivity contribution in [3.63, 3.8) is 0 Å². The van der Waals surface area contributed by atoms with Gasteiger partial charge in [-0.3, -0.25) is 9.69 Å². The highest BCUT2D eigenvalue weighted by atomic mass is 16.2. The smallest absolute Gasteiger partial charge is 0.237 e. The third kappa shape index (κ3) is 1.32. The SMILES string of the molecule is CN1CC(=O)N2CCNCC2C1. The van der Waals surface area contributed by atoms with Gasteiger partial charge in [0.2, 0.25) is 5.91 Å². The first kappa shape index (κ1) is 8.01. The number of rotatable bonds is 0. The molecule has 0 saturated carbocycles. The second-order valence-electron chi connectivity index (χ2n) is 3.64. The van der Waals surface area contributed by atoms with Crippen LogP contribution in [0.1, 0.15) is 0 Å². The Morgan fingerprint density at radius 1 is 1.58 bits per heavy atom. The average Bonchev–Trinajstić information content (AvgIpc) is 2.04. The van der Waals surface area contributed by atoms with Crippen LogP contribution in [0.4, 0.5) is 0 Å². The van der Waals surface area contributed by atoms with E-state index in [9.17, 15) is 4.79 Å². The molecule has 1 unspecified atom stereocenters. The normalized spacial score (nSPS) is 31.9. The Hall–Kier alpha value is -0.610. The van der Waals surface area contributed by atoms with Crippen molar-refractivity contribution in [2.45, 2.75) is 6.04 Å². The summed E-state index contributed by atoms with van der Waals surface area (Å²) in [6.07, 6.45) is 0. The van der Waals surface area contributed by atoms with Gasteiger partial charge in [-0.1, -0.05) is 0 Å². The second-order valence-corrected chi connectivity index (χ2v) is 3.64. The van der Waals surface area contributed by atoms with Crippen LogP contribution in [0.3, 0.4) is 0 Å². The van der Waals surface area contributed by atoms with Crippen LogP contribution in [0, 0.1) is 0 Å². The maximum atomic E-state index is 11.5. The first-order chi connectivity index (χ1) is 5.77. The molecule has 2 saturated heterocycles. The maximum absolute atomic E-state index is 11.5. The number of carbonyl (C=O) groups excluding carboxylic acids is 1. The molecule has 4 heteroatoms. The Morgan fingerprint density at radius 2 is 2.42 bits per heavy atom. The van der Waals surface area contributed by atoms with E-state index >= 15 is 0 Å². The Morgan fingerprint density at radius 3 is 3.25 bits per heavy atom. The molecule has 0 aliphatic carbocycles.